The minimum absolute atomic E-state index is 0. The second kappa shape index (κ2) is 13.8. The first-order valence-electron chi connectivity index (χ1n) is 19.1. The molecule has 282 valence electrons. The molecule has 2 aliphatic heterocycles. The van der Waals surface area contributed by atoms with E-state index in [1.807, 2.05) is 55.5 Å². The Morgan fingerprint density at radius 3 is 2.42 bits per heavy atom. The summed E-state index contributed by atoms with van der Waals surface area (Å²) in [6.07, 6.45) is 8.78. The summed E-state index contributed by atoms with van der Waals surface area (Å²) in [5, 5.41) is 5.47. The summed E-state index contributed by atoms with van der Waals surface area (Å²) >= 11 is 0. The van der Waals surface area contributed by atoms with Crippen LogP contribution in [-0.4, -0.2) is 77.1 Å². The lowest BCUT2D eigenvalue weighted by Crippen LogP contribution is -2.48. The molecule has 0 radical (unpaired) electrons. The minimum Gasteiger partial charge on any atom is -0.497 e. The fourth-order valence-corrected chi connectivity index (χ4v) is 10.2. The number of rotatable bonds is 8. The van der Waals surface area contributed by atoms with Crippen LogP contribution in [0.25, 0.3) is 33.8 Å². The van der Waals surface area contributed by atoms with E-state index in [0.717, 1.165) is 70.4 Å². The highest BCUT2D eigenvalue weighted by Gasteiger charge is 2.38. The summed E-state index contributed by atoms with van der Waals surface area (Å²) in [6.45, 7) is 9.90. The first-order chi connectivity index (χ1) is 25.5. The number of amides is 2. The second-order valence-electron chi connectivity index (χ2n) is 15.3. The number of nitrogens with one attached hydrogen (secondary N) is 1. The molecule has 2 aromatic carbocycles. The van der Waals surface area contributed by atoms with Crippen LogP contribution in [0.5, 0.6) is 5.75 Å². The van der Waals surface area contributed by atoms with Crippen molar-refractivity contribution in [2.75, 3.05) is 20.2 Å². The summed E-state index contributed by atoms with van der Waals surface area (Å²) in [7, 11) is -2.06. The number of methoxy groups -OCH3 is 1. The summed E-state index contributed by atoms with van der Waals surface area (Å²) in [5.41, 5.74) is 8.45. The number of aryl methyl sites for hydroxylation is 2. The Balaban J connectivity index is 0.00000450. The van der Waals surface area contributed by atoms with E-state index in [1.54, 1.807) is 13.2 Å². The third-order valence-corrected chi connectivity index (χ3v) is 13.2. The molecule has 12 heteroatoms. The predicted octanol–water partition coefficient (Wildman–Crippen LogP) is 7.16. The fraction of sp³-hybridized carbons (Fsp3) is 0.488. The lowest BCUT2D eigenvalue weighted by atomic mass is 9.81. The SMILES string of the molecule is CCn1nc(C)c(C(=O)N2CC(C)O[C@H](C)C2)c1C1=Cc2cc(OC)ccc2-c2c(C3CCCCC3)c3ccc(C(=O)NS(=O)(=O)C4CC4)cc3n2C1.[HH]. The van der Waals surface area contributed by atoms with Crippen LogP contribution in [-0.2, 0) is 27.8 Å². The van der Waals surface area contributed by atoms with E-state index in [9.17, 15) is 18.0 Å². The number of allylic oxidation sites excluding steroid dienone is 1. The fourth-order valence-electron chi connectivity index (χ4n) is 8.87. The average Bonchev–Trinajstić information content (AvgIpc) is 3.92. The standard InChI is InChI=1S/C41H49N5O6S.H2/c1-6-46-38(36(26(4)42-46)41(48)44-21-24(2)52-25(3)22-44)30-18-29-19-31(51-5)13-17-33(29)39-37(27-10-8-7-9-11-27)34-16-12-28(20-35(34)45(39)23-30)40(47)43-53(49,50)32-14-15-32;/h12-13,16-20,24-25,27,32H,6-11,14-15,21-23H2,1-5H3,(H,43,47);1H/t24-,25?;/m1./s1. The Morgan fingerprint density at radius 2 is 1.74 bits per heavy atom. The normalized spacial score (nSPS) is 20.8. The maximum Gasteiger partial charge on any atom is 0.264 e. The number of carbonyl (C=O) groups excluding carboxylic acids is 2. The van der Waals surface area contributed by atoms with E-state index in [4.69, 9.17) is 14.6 Å². The van der Waals surface area contributed by atoms with Crippen LogP contribution < -0.4 is 9.46 Å². The average molecular weight is 742 g/mol. The first-order valence-corrected chi connectivity index (χ1v) is 20.7. The first kappa shape index (κ1) is 35.6. The molecule has 8 rings (SSSR count). The number of fused-ring (bicyclic) bond motifs is 5. The van der Waals surface area contributed by atoms with E-state index >= 15 is 0 Å². The van der Waals surface area contributed by atoms with Gasteiger partial charge in [0.05, 0.1) is 53.8 Å². The van der Waals surface area contributed by atoms with Gasteiger partial charge in [-0.3, -0.25) is 14.3 Å². The molecule has 2 amide bonds. The van der Waals surface area contributed by atoms with Gasteiger partial charge in [0, 0.05) is 43.1 Å². The number of aromatic nitrogens is 3. The zero-order chi connectivity index (χ0) is 37.2. The molecule has 2 aliphatic carbocycles. The van der Waals surface area contributed by atoms with Gasteiger partial charge in [-0.15, -0.1) is 0 Å². The van der Waals surface area contributed by atoms with Crippen LogP contribution in [0.3, 0.4) is 0 Å². The van der Waals surface area contributed by atoms with Gasteiger partial charge in [-0.2, -0.15) is 5.10 Å². The lowest BCUT2D eigenvalue weighted by Gasteiger charge is -2.35. The van der Waals surface area contributed by atoms with Gasteiger partial charge < -0.3 is 18.9 Å². The molecule has 1 saturated heterocycles. The molecule has 3 fully saturated rings. The van der Waals surface area contributed by atoms with E-state index in [-0.39, 0.29) is 19.5 Å². The van der Waals surface area contributed by atoms with Crippen molar-refractivity contribution in [1.82, 2.24) is 24.0 Å². The van der Waals surface area contributed by atoms with Crippen molar-refractivity contribution in [2.45, 2.75) is 109 Å². The quantitative estimate of drug-likeness (QED) is 0.203. The summed E-state index contributed by atoms with van der Waals surface area (Å²) in [4.78, 5) is 30.0. The van der Waals surface area contributed by atoms with Crippen LogP contribution in [0.2, 0.25) is 0 Å². The molecule has 4 heterocycles. The highest BCUT2D eigenvalue weighted by molar-refractivity contribution is 7.91. The third kappa shape index (κ3) is 6.47. The topological polar surface area (TPSA) is 125 Å². The number of carbonyl (C=O) groups is 2. The lowest BCUT2D eigenvalue weighted by molar-refractivity contribution is -0.0586. The van der Waals surface area contributed by atoms with E-state index in [0.29, 0.717) is 61.8 Å². The number of ether oxygens (including phenoxy) is 2. The molecule has 1 unspecified atom stereocenters. The van der Waals surface area contributed by atoms with E-state index in [2.05, 4.69) is 27.5 Å². The third-order valence-electron chi connectivity index (χ3n) is 11.4. The van der Waals surface area contributed by atoms with Gasteiger partial charge in [-0.05, 0) is 112 Å². The van der Waals surface area contributed by atoms with Crippen molar-refractivity contribution >= 4 is 44.4 Å². The number of morpholine rings is 1. The van der Waals surface area contributed by atoms with Crippen molar-refractivity contribution in [1.29, 1.82) is 0 Å². The van der Waals surface area contributed by atoms with Gasteiger partial charge in [0.15, 0.2) is 0 Å². The van der Waals surface area contributed by atoms with Crippen LogP contribution in [0.15, 0.2) is 36.4 Å². The molecule has 11 nitrogen and oxygen atoms in total. The van der Waals surface area contributed by atoms with Crippen molar-refractivity contribution in [2.24, 2.45) is 0 Å². The van der Waals surface area contributed by atoms with Gasteiger partial charge in [0.25, 0.3) is 11.8 Å². The monoisotopic (exact) mass is 741 g/mol. The van der Waals surface area contributed by atoms with E-state index in [1.165, 1.54) is 12.0 Å². The molecular formula is C41H51N5O6S. The number of sulfonamides is 1. The number of hydrogen-bond acceptors (Lipinski definition) is 7. The van der Waals surface area contributed by atoms with Crippen molar-refractivity contribution in [3.8, 4) is 17.0 Å². The van der Waals surface area contributed by atoms with Gasteiger partial charge in [0.2, 0.25) is 10.0 Å². The van der Waals surface area contributed by atoms with Crippen LogP contribution in [0, 0.1) is 6.92 Å². The summed E-state index contributed by atoms with van der Waals surface area (Å²) < 4.78 is 43.9. The largest absolute Gasteiger partial charge is 0.497 e. The smallest absolute Gasteiger partial charge is 0.264 e. The van der Waals surface area contributed by atoms with E-state index < -0.39 is 21.2 Å². The molecule has 0 spiro atoms. The highest BCUT2D eigenvalue weighted by atomic mass is 32.2. The van der Waals surface area contributed by atoms with Gasteiger partial charge in [-0.1, -0.05) is 25.3 Å². The van der Waals surface area contributed by atoms with Crippen LogP contribution in [0.1, 0.15) is 116 Å². The Hall–Kier alpha value is -4.42. The Bertz CT molecular complexity index is 2260. The predicted molar refractivity (Wildman–Crippen MR) is 208 cm³/mol. The highest BCUT2D eigenvalue weighted by Crippen LogP contribution is 2.48. The Morgan fingerprint density at radius 1 is 1.00 bits per heavy atom. The molecule has 4 aromatic rings. The van der Waals surface area contributed by atoms with Gasteiger partial charge >= 0.3 is 0 Å². The molecular weight excluding hydrogens is 691 g/mol. The van der Waals surface area contributed by atoms with Crippen molar-refractivity contribution in [3.63, 3.8) is 0 Å². The van der Waals surface area contributed by atoms with Crippen molar-refractivity contribution in [3.05, 3.63) is 70.0 Å². The molecule has 2 aromatic heterocycles. The zero-order valence-electron chi connectivity index (χ0n) is 31.3. The summed E-state index contributed by atoms with van der Waals surface area (Å²) in [6, 6.07) is 11.8. The number of benzene rings is 2. The molecule has 1 N–H and O–H groups in total. The van der Waals surface area contributed by atoms with Gasteiger partial charge in [-0.25, -0.2) is 13.1 Å². The number of hydrogen-bond donors (Lipinski definition) is 1. The zero-order valence-corrected chi connectivity index (χ0v) is 32.1. The Kier molecular flexibility index (Phi) is 9.25. The maximum atomic E-state index is 14.6. The molecule has 2 saturated carbocycles. The van der Waals surface area contributed by atoms with Crippen molar-refractivity contribution < 1.29 is 28.9 Å². The molecule has 2 atom stereocenters. The molecule has 4 aliphatic rings. The summed E-state index contributed by atoms with van der Waals surface area (Å²) in [5.74, 6) is 0.364. The maximum absolute atomic E-state index is 14.6. The Labute approximate surface area is 312 Å². The molecule has 0 bridgehead atoms. The number of nitrogens with zero attached hydrogens (tertiary/aromatic N) is 4. The van der Waals surface area contributed by atoms with Crippen LogP contribution >= 0.6 is 0 Å². The van der Waals surface area contributed by atoms with Crippen LogP contribution in [0.4, 0.5) is 0 Å². The molecule has 53 heavy (non-hydrogen) atoms. The second-order valence-corrected chi connectivity index (χ2v) is 17.3. The minimum atomic E-state index is -3.73. The van der Waals surface area contributed by atoms with Gasteiger partial charge in [0.1, 0.15) is 5.75 Å².